The monoisotopic (exact) mass is 271 g/mol. The van der Waals surface area contributed by atoms with Crippen LogP contribution in [0.5, 0.6) is 0 Å². The Bertz CT molecular complexity index is 689. The Morgan fingerprint density at radius 2 is 2.10 bits per heavy atom. The number of anilines is 1. The van der Waals surface area contributed by atoms with Crippen LogP contribution in [-0.2, 0) is 17.6 Å². The normalized spacial score (nSPS) is 13.3. The standard InChI is InChI=1S/C15H17N3O2/c1-9-17-13(15(19)20-2)14(16)18(9)12-7-6-10-4-3-5-11(10)8-12/h6-8H,3-5,16H2,1-2H3. The summed E-state index contributed by atoms with van der Waals surface area (Å²) in [5.41, 5.74) is 9.93. The van der Waals surface area contributed by atoms with Crippen LogP contribution in [0.4, 0.5) is 5.82 Å². The van der Waals surface area contributed by atoms with E-state index in [-0.39, 0.29) is 5.69 Å². The molecule has 2 N–H and O–H groups in total. The minimum atomic E-state index is -0.509. The quantitative estimate of drug-likeness (QED) is 0.848. The van der Waals surface area contributed by atoms with Gasteiger partial charge in [-0.15, -0.1) is 0 Å². The Morgan fingerprint density at radius 3 is 2.85 bits per heavy atom. The fourth-order valence-electron chi connectivity index (χ4n) is 2.82. The molecule has 1 aromatic carbocycles. The molecule has 3 rings (SSSR count). The Kier molecular flexibility index (Phi) is 2.97. The molecule has 5 nitrogen and oxygen atoms in total. The smallest absolute Gasteiger partial charge is 0.360 e. The third kappa shape index (κ3) is 1.86. The van der Waals surface area contributed by atoms with Crippen LogP contribution in [0, 0.1) is 6.92 Å². The molecule has 1 heterocycles. The van der Waals surface area contributed by atoms with E-state index >= 15 is 0 Å². The average molecular weight is 271 g/mol. The molecule has 0 fully saturated rings. The van der Waals surface area contributed by atoms with E-state index in [1.54, 1.807) is 4.57 Å². The first-order chi connectivity index (χ1) is 9.61. The van der Waals surface area contributed by atoms with E-state index < -0.39 is 5.97 Å². The zero-order valence-corrected chi connectivity index (χ0v) is 11.6. The van der Waals surface area contributed by atoms with Crippen molar-refractivity contribution in [2.24, 2.45) is 0 Å². The number of imidazole rings is 1. The van der Waals surface area contributed by atoms with E-state index in [4.69, 9.17) is 10.5 Å². The Morgan fingerprint density at radius 1 is 1.35 bits per heavy atom. The van der Waals surface area contributed by atoms with Crippen LogP contribution in [0.1, 0.15) is 33.9 Å². The number of hydrogen-bond donors (Lipinski definition) is 1. The van der Waals surface area contributed by atoms with Crippen molar-refractivity contribution in [3.8, 4) is 5.69 Å². The highest BCUT2D eigenvalue weighted by Crippen LogP contribution is 2.27. The molecule has 0 bridgehead atoms. The van der Waals surface area contributed by atoms with Crippen LogP contribution in [0.25, 0.3) is 5.69 Å². The van der Waals surface area contributed by atoms with Gasteiger partial charge in [0.25, 0.3) is 0 Å². The second kappa shape index (κ2) is 4.67. The summed E-state index contributed by atoms with van der Waals surface area (Å²) >= 11 is 0. The summed E-state index contributed by atoms with van der Waals surface area (Å²) in [6, 6.07) is 6.29. The van der Waals surface area contributed by atoms with Crippen molar-refractivity contribution in [2.45, 2.75) is 26.2 Å². The number of nitrogens with zero attached hydrogens (tertiary/aromatic N) is 2. The molecule has 0 radical (unpaired) electrons. The number of esters is 1. The van der Waals surface area contributed by atoms with Gasteiger partial charge in [-0.1, -0.05) is 6.07 Å². The molecule has 1 aromatic heterocycles. The van der Waals surface area contributed by atoms with E-state index in [1.807, 2.05) is 13.0 Å². The molecular weight excluding hydrogens is 254 g/mol. The number of fused-ring (bicyclic) bond motifs is 1. The van der Waals surface area contributed by atoms with Crippen molar-refractivity contribution in [2.75, 3.05) is 12.8 Å². The van der Waals surface area contributed by atoms with Crippen molar-refractivity contribution < 1.29 is 9.53 Å². The number of benzene rings is 1. The van der Waals surface area contributed by atoms with Gasteiger partial charge in [-0.05, 0) is 49.4 Å². The molecule has 1 aliphatic carbocycles. The molecule has 0 aliphatic heterocycles. The van der Waals surface area contributed by atoms with Crippen molar-refractivity contribution in [1.82, 2.24) is 9.55 Å². The summed E-state index contributed by atoms with van der Waals surface area (Å²) in [6.07, 6.45) is 3.44. The lowest BCUT2D eigenvalue weighted by molar-refractivity contribution is 0.0596. The zero-order chi connectivity index (χ0) is 14.3. The first-order valence-corrected chi connectivity index (χ1v) is 6.67. The van der Waals surface area contributed by atoms with Gasteiger partial charge in [0, 0.05) is 5.69 Å². The number of nitrogen functional groups attached to an aromatic ring is 1. The third-order valence-corrected chi connectivity index (χ3v) is 3.80. The second-order valence-electron chi connectivity index (χ2n) is 5.03. The number of aromatic nitrogens is 2. The van der Waals surface area contributed by atoms with Crippen LogP contribution >= 0.6 is 0 Å². The van der Waals surface area contributed by atoms with Gasteiger partial charge in [0.05, 0.1) is 7.11 Å². The molecule has 0 saturated carbocycles. The summed E-state index contributed by atoms with van der Waals surface area (Å²) in [4.78, 5) is 15.9. The van der Waals surface area contributed by atoms with Crippen LogP contribution in [0.2, 0.25) is 0 Å². The van der Waals surface area contributed by atoms with Crippen molar-refractivity contribution >= 4 is 11.8 Å². The zero-order valence-electron chi connectivity index (χ0n) is 11.6. The van der Waals surface area contributed by atoms with Crippen molar-refractivity contribution in [1.29, 1.82) is 0 Å². The lowest BCUT2D eigenvalue weighted by atomic mass is 10.1. The Balaban J connectivity index is 2.10. The summed E-state index contributed by atoms with van der Waals surface area (Å²) in [6.45, 7) is 1.83. The number of hydrogen-bond acceptors (Lipinski definition) is 4. The van der Waals surface area contributed by atoms with E-state index in [1.165, 1.54) is 24.7 Å². The van der Waals surface area contributed by atoms with Gasteiger partial charge in [0.2, 0.25) is 0 Å². The predicted octanol–water partition coefficient (Wildman–Crippen LogP) is 2.04. The largest absolute Gasteiger partial charge is 0.464 e. The van der Waals surface area contributed by atoms with Gasteiger partial charge >= 0.3 is 5.97 Å². The van der Waals surface area contributed by atoms with Gasteiger partial charge < -0.3 is 10.5 Å². The van der Waals surface area contributed by atoms with Gasteiger partial charge in [0.15, 0.2) is 5.69 Å². The van der Waals surface area contributed by atoms with E-state index in [0.29, 0.717) is 11.6 Å². The molecule has 20 heavy (non-hydrogen) atoms. The van der Waals surface area contributed by atoms with E-state index in [2.05, 4.69) is 17.1 Å². The van der Waals surface area contributed by atoms with Crippen molar-refractivity contribution in [3.63, 3.8) is 0 Å². The fraction of sp³-hybridized carbons (Fsp3) is 0.333. The number of ether oxygens (including phenoxy) is 1. The number of carbonyl (C=O) groups is 1. The minimum absolute atomic E-state index is 0.172. The van der Waals surface area contributed by atoms with Crippen LogP contribution < -0.4 is 5.73 Å². The maximum absolute atomic E-state index is 11.6. The first kappa shape index (κ1) is 12.7. The number of methoxy groups -OCH3 is 1. The highest BCUT2D eigenvalue weighted by atomic mass is 16.5. The fourth-order valence-corrected chi connectivity index (χ4v) is 2.82. The topological polar surface area (TPSA) is 70.1 Å². The molecule has 0 spiro atoms. The maximum Gasteiger partial charge on any atom is 0.360 e. The third-order valence-electron chi connectivity index (χ3n) is 3.80. The van der Waals surface area contributed by atoms with Gasteiger partial charge in [-0.25, -0.2) is 9.78 Å². The molecule has 0 amide bonds. The van der Waals surface area contributed by atoms with Gasteiger partial charge in [0.1, 0.15) is 11.6 Å². The van der Waals surface area contributed by atoms with E-state index in [9.17, 15) is 4.79 Å². The molecule has 2 aromatic rings. The van der Waals surface area contributed by atoms with Gasteiger partial charge in [-0.2, -0.15) is 0 Å². The highest BCUT2D eigenvalue weighted by molar-refractivity contribution is 5.92. The molecule has 1 aliphatic rings. The molecule has 0 saturated heterocycles. The molecule has 104 valence electrons. The summed E-state index contributed by atoms with van der Waals surface area (Å²) in [7, 11) is 1.32. The number of nitrogens with two attached hydrogens (primary N) is 1. The minimum Gasteiger partial charge on any atom is -0.464 e. The van der Waals surface area contributed by atoms with Crippen LogP contribution in [-0.4, -0.2) is 22.6 Å². The molecule has 0 atom stereocenters. The summed E-state index contributed by atoms with van der Waals surface area (Å²) < 4.78 is 6.50. The summed E-state index contributed by atoms with van der Waals surface area (Å²) in [5, 5.41) is 0. The highest BCUT2D eigenvalue weighted by Gasteiger charge is 2.21. The predicted molar refractivity (Wildman–Crippen MR) is 76.1 cm³/mol. The van der Waals surface area contributed by atoms with Crippen molar-refractivity contribution in [3.05, 3.63) is 40.8 Å². The number of carbonyl (C=O) groups excluding carboxylic acids is 1. The van der Waals surface area contributed by atoms with E-state index in [0.717, 1.165) is 18.5 Å². The van der Waals surface area contributed by atoms with Crippen LogP contribution in [0.3, 0.4) is 0 Å². The van der Waals surface area contributed by atoms with Crippen LogP contribution in [0.15, 0.2) is 18.2 Å². The Labute approximate surface area is 117 Å². The Hall–Kier alpha value is -2.30. The second-order valence-corrected chi connectivity index (χ2v) is 5.03. The SMILES string of the molecule is COC(=O)c1nc(C)n(-c2ccc3c(c2)CCC3)c1N. The maximum atomic E-state index is 11.6. The average Bonchev–Trinajstić information content (AvgIpc) is 3.01. The number of aryl methyl sites for hydroxylation is 3. The number of rotatable bonds is 2. The molecule has 0 unspecified atom stereocenters. The molecular formula is C15H17N3O2. The lowest BCUT2D eigenvalue weighted by Crippen LogP contribution is -2.08. The lowest BCUT2D eigenvalue weighted by Gasteiger charge is -2.10. The summed E-state index contributed by atoms with van der Waals surface area (Å²) in [5.74, 6) is 0.499. The van der Waals surface area contributed by atoms with Gasteiger partial charge in [-0.3, -0.25) is 4.57 Å². The molecule has 5 heteroatoms. The first-order valence-electron chi connectivity index (χ1n) is 6.67.